The molecular weight excluding hydrogens is 252 g/mol. The van der Waals surface area contributed by atoms with Gasteiger partial charge in [-0.1, -0.05) is 31.5 Å². The molecule has 3 nitrogen and oxygen atoms in total. The number of aryl methyl sites for hydroxylation is 1. The van der Waals surface area contributed by atoms with Crippen molar-refractivity contribution in [2.24, 2.45) is 0 Å². The topological polar surface area (TPSA) is 27.7 Å². The molecule has 0 atom stereocenters. The van der Waals surface area contributed by atoms with Gasteiger partial charge < -0.3 is 14.2 Å². The van der Waals surface area contributed by atoms with Crippen LogP contribution in [-0.4, -0.2) is 21.3 Å². The van der Waals surface area contributed by atoms with E-state index in [0.29, 0.717) is 11.5 Å². The van der Waals surface area contributed by atoms with Gasteiger partial charge in [0.1, 0.15) is 0 Å². The minimum Gasteiger partial charge on any atom is -0.493 e. The zero-order valence-corrected chi connectivity index (χ0v) is 12.7. The van der Waals surface area contributed by atoms with E-state index in [-0.39, 0.29) is 0 Å². The van der Waals surface area contributed by atoms with E-state index in [4.69, 9.17) is 14.2 Å². The third-order valence-electron chi connectivity index (χ3n) is 3.52. The number of rotatable bonds is 6. The Bertz CT molecular complexity index is 590. The summed E-state index contributed by atoms with van der Waals surface area (Å²) >= 11 is 0. The minimum atomic E-state index is 0.642. The number of hydrogen-bond acceptors (Lipinski definition) is 3. The lowest BCUT2D eigenvalue weighted by atomic mass is 10.0. The molecule has 0 aliphatic heterocycles. The van der Waals surface area contributed by atoms with Crippen molar-refractivity contribution in [1.82, 2.24) is 0 Å². The van der Waals surface area contributed by atoms with Gasteiger partial charge in [0, 0.05) is 5.39 Å². The highest BCUT2D eigenvalue weighted by molar-refractivity contribution is 5.93. The lowest BCUT2D eigenvalue weighted by Crippen LogP contribution is -1.96. The fraction of sp³-hybridized carbons (Fsp3) is 0.412. The Kier molecular flexibility index (Phi) is 4.72. The van der Waals surface area contributed by atoms with Gasteiger partial charge in [-0.15, -0.1) is 0 Å². The third-order valence-corrected chi connectivity index (χ3v) is 3.52. The van der Waals surface area contributed by atoms with E-state index in [2.05, 4.69) is 25.1 Å². The monoisotopic (exact) mass is 274 g/mol. The van der Waals surface area contributed by atoms with Crippen LogP contribution in [0.3, 0.4) is 0 Å². The van der Waals surface area contributed by atoms with Gasteiger partial charge in [0.2, 0.25) is 5.75 Å². The van der Waals surface area contributed by atoms with Crippen LogP contribution in [0.4, 0.5) is 0 Å². The van der Waals surface area contributed by atoms with Gasteiger partial charge in [0.25, 0.3) is 0 Å². The van der Waals surface area contributed by atoms with E-state index < -0.39 is 0 Å². The Hall–Kier alpha value is -1.90. The van der Waals surface area contributed by atoms with Crippen molar-refractivity contribution < 1.29 is 14.2 Å². The molecule has 2 rings (SSSR count). The fourth-order valence-electron chi connectivity index (χ4n) is 2.46. The lowest BCUT2D eigenvalue weighted by molar-refractivity contribution is 0.327. The van der Waals surface area contributed by atoms with Gasteiger partial charge in [0.15, 0.2) is 11.5 Å². The first-order valence-corrected chi connectivity index (χ1v) is 6.96. The van der Waals surface area contributed by atoms with E-state index in [1.54, 1.807) is 21.3 Å². The molecular formula is C17H22O3. The quantitative estimate of drug-likeness (QED) is 0.789. The molecule has 108 valence electrons. The maximum absolute atomic E-state index is 5.51. The second-order valence-electron chi connectivity index (χ2n) is 4.80. The van der Waals surface area contributed by atoms with E-state index >= 15 is 0 Å². The number of hydrogen-bond donors (Lipinski definition) is 0. The summed E-state index contributed by atoms with van der Waals surface area (Å²) in [5.41, 5.74) is 1.34. The van der Waals surface area contributed by atoms with Gasteiger partial charge in [-0.3, -0.25) is 0 Å². The largest absolute Gasteiger partial charge is 0.493 e. The summed E-state index contributed by atoms with van der Waals surface area (Å²) in [5.74, 6) is 2.07. The van der Waals surface area contributed by atoms with Crippen LogP contribution in [0.15, 0.2) is 24.3 Å². The maximum Gasteiger partial charge on any atom is 0.203 e. The predicted octanol–water partition coefficient (Wildman–Crippen LogP) is 4.21. The van der Waals surface area contributed by atoms with E-state index in [0.717, 1.165) is 22.9 Å². The molecule has 2 aromatic rings. The van der Waals surface area contributed by atoms with Crippen LogP contribution in [0, 0.1) is 0 Å². The summed E-state index contributed by atoms with van der Waals surface area (Å²) in [4.78, 5) is 0. The Morgan fingerprint density at radius 2 is 1.65 bits per heavy atom. The summed E-state index contributed by atoms with van der Waals surface area (Å²) < 4.78 is 16.3. The molecule has 0 heterocycles. The first-order chi connectivity index (χ1) is 9.74. The molecule has 0 aliphatic carbocycles. The van der Waals surface area contributed by atoms with Crippen molar-refractivity contribution in [3.05, 3.63) is 29.8 Å². The van der Waals surface area contributed by atoms with Crippen LogP contribution < -0.4 is 14.2 Å². The van der Waals surface area contributed by atoms with Gasteiger partial charge in [0.05, 0.1) is 21.3 Å². The molecule has 0 aromatic heterocycles. The summed E-state index contributed by atoms with van der Waals surface area (Å²) in [6.07, 6.45) is 3.51. The zero-order chi connectivity index (χ0) is 14.5. The normalized spacial score (nSPS) is 10.6. The molecule has 0 saturated heterocycles. The Morgan fingerprint density at radius 1 is 0.900 bits per heavy atom. The molecule has 3 heteroatoms. The maximum atomic E-state index is 5.51. The van der Waals surface area contributed by atoms with Crippen LogP contribution in [0.2, 0.25) is 0 Å². The molecule has 20 heavy (non-hydrogen) atoms. The highest BCUT2D eigenvalue weighted by Crippen LogP contribution is 2.43. The second kappa shape index (κ2) is 6.51. The highest BCUT2D eigenvalue weighted by atomic mass is 16.5. The van der Waals surface area contributed by atoms with Crippen LogP contribution in [0.5, 0.6) is 17.2 Å². The minimum absolute atomic E-state index is 0.642. The molecule has 0 unspecified atom stereocenters. The van der Waals surface area contributed by atoms with Crippen molar-refractivity contribution in [3.8, 4) is 17.2 Å². The van der Waals surface area contributed by atoms with E-state index in [1.165, 1.54) is 18.4 Å². The number of fused-ring (bicyclic) bond motifs is 1. The van der Waals surface area contributed by atoms with E-state index in [9.17, 15) is 0 Å². The number of unbranched alkanes of at least 4 members (excludes halogenated alkanes) is 1. The van der Waals surface area contributed by atoms with Gasteiger partial charge in [-0.05, 0) is 29.9 Å². The number of ether oxygens (including phenoxy) is 3. The molecule has 0 bridgehead atoms. The van der Waals surface area contributed by atoms with Gasteiger partial charge in [-0.25, -0.2) is 0 Å². The highest BCUT2D eigenvalue weighted by Gasteiger charge is 2.15. The summed E-state index contributed by atoms with van der Waals surface area (Å²) in [6.45, 7) is 2.21. The van der Waals surface area contributed by atoms with Crippen LogP contribution in [0.1, 0.15) is 25.3 Å². The molecule has 0 amide bonds. The summed E-state index contributed by atoms with van der Waals surface area (Å²) in [7, 11) is 4.92. The Morgan fingerprint density at radius 3 is 2.25 bits per heavy atom. The summed E-state index contributed by atoms with van der Waals surface area (Å²) in [6, 6.07) is 8.47. The average Bonchev–Trinajstić information content (AvgIpc) is 2.50. The Balaban J connectivity index is 2.58. The molecule has 0 radical (unpaired) electrons. The van der Waals surface area contributed by atoms with Gasteiger partial charge >= 0.3 is 0 Å². The third kappa shape index (κ3) is 2.67. The predicted molar refractivity (Wildman–Crippen MR) is 82.2 cm³/mol. The first kappa shape index (κ1) is 14.5. The second-order valence-corrected chi connectivity index (χ2v) is 4.80. The van der Waals surface area contributed by atoms with Crippen molar-refractivity contribution >= 4 is 10.8 Å². The summed E-state index contributed by atoms with van der Waals surface area (Å²) in [5, 5.41) is 2.17. The molecule has 0 saturated carbocycles. The van der Waals surface area contributed by atoms with Crippen LogP contribution in [0.25, 0.3) is 10.8 Å². The van der Waals surface area contributed by atoms with Crippen molar-refractivity contribution in [2.75, 3.05) is 21.3 Å². The fourth-order valence-corrected chi connectivity index (χ4v) is 2.46. The zero-order valence-electron chi connectivity index (χ0n) is 12.7. The van der Waals surface area contributed by atoms with E-state index in [1.807, 2.05) is 6.07 Å². The molecule has 0 N–H and O–H groups in total. The average molecular weight is 274 g/mol. The van der Waals surface area contributed by atoms with Crippen molar-refractivity contribution in [2.45, 2.75) is 26.2 Å². The SMILES string of the molecule is CCCCc1ccc2c(OC)c(OC)c(OC)cc2c1. The van der Waals surface area contributed by atoms with Crippen LogP contribution >= 0.6 is 0 Å². The molecule has 2 aromatic carbocycles. The standard InChI is InChI=1S/C17H22O3/c1-5-6-7-12-8-9-14-13(10-12)11-15(18-2)17(20-4)16(14)19-3/h8-11H,5-7H2,1-4H3. The lowest BCUT2D eigenvalue weighted by Gasteiger charge is -2.15. The molecule has 0 fully saturated rings. The molecule has 0 spiro atoms. The van der Waals surface area contributed by atoms with Crippen molar-refractivity contribution in [1.29, 1.82) is 0 Å². The Labute approximate surface area is 120 Å². The number of methoxy groups -OCH3 is 3. The molecule has 0 aliphatic rings. The van der Waals surface area contributed by atoms with Gasteiger partial charge in [-0.2, -0.15) is 0 Å². The van der Waals surface area contributed by atoms with Crippen molar-refractivity contribution in [3.63, 3.8) is 0 Å². The van der Waals surface area contributed by atoms with Crippen LogP contribution in [-0.2, 0) is 6.42 Å². The first-order valence-electron chi connectivity index (χ1n) is 6.96. The smallest absolute Gasteiger partial charge is 0.203 e. The number of benzene rings is 2.